The van der Waals surface area contributed by atoms with Gasteiger partial charge in [0.2, 0.25) is 5.91 Å². The van der Waals surface area contributed by atoms with Crippen LogP contribution in [0.2, 0.25) is 0 Å². The highest BCUT2D eigenvalue weighted by Crippen LogP contribution is 2.32. The number of ether oxygens (including phenoxy) is 1. The number of rotatable bonds is 6. The Morgan fingerprint density at radius 1 is 1.38 bits per heavy atom. The molecule has 1 N–H and O–H groups in total. The molecule has 1 saturated heterocycles. The first-order valence-corrected chi connectivity index (χ1v) is 7.86. The van der Waals surface area contributed by atoms with Crippen molar-refractivity contribution in [3.63, 3.8) is 0 Å². The molecule has 1 unspecified atom stereocenters. The summed E-state index contributed by atoms with van der Waals surface area (Å²) in [6.45, 7) is 8.13. The van der Waals surface area contributed by atoms with E-state index in [0.29, 0.717) is 19.2 Å². The van der Waals surface area contributed by atoms with Crippen LogP contribution in [0.4, 0.5) is 0 Å². The van der Waals surface area contributed by atoms with Crippen molar-refractivity contribution in [2.45, 2.75) is 45.7 Å². The molecule has 2 rings (SSSR count). The van der Waals surface area contributed by atoms with Gasteiger partial charge in [-0.3, -0.25) is 9.69 Å². The van der Waals surface area contributed by atoms with Crippen LogP contribution in [0.3, 0.4) is 0 Å². The van der Waals surface area contributed by atoms with Crippen molar-refractivity contribution >= 4 is 5.91 Å². The molecule has 1 aromatic rings. The maximum absolute atomic E-state index is 12.0. The zero-order valence-electron chi connectivity index (χ0n) is 13.3. The molecule has 1 amide bonds. The molecule has 1 aliphatic rings. The van der Waals surface area contributed by atoms with Gasteiger partial charge in [0.15, 0.2) is 0 Å². The van der Waals surface area contributed by atoms with Gasteiger partial charge in [-0.15, -0.1) is 0 Å². The van der Waals surface area contributed by atoms with Gasteiger partial charge in [-0.05, 0) is 57.9 Å². The van der Waals surface area contributed by atoms with E-state index in [2.05, 4.69) is 22.3 Å². The molecular formula is C17H26N2O2. The molecule has 0 radical (unpaired) electrons. The van der Waals surface area contributed by atoms with Gasteiger partial charge in [0.25, 0.3) is 0 Å². The lowest BCUT2D eigenvalue weighted by Crippen LogP contribution is -2.39. The lowest BCUT2D eigenvalue weighted by Gasteiger charge is -2.25. The third-order valence-electron chi connectivity index (χ3n) is 3.74. The summed E-state index contributed by atoms with van der Waals surface area (Å²) < 4.78 is 5.48. The molecule has 116 valence electrons. The summed E-state index contributed by atoms with van der Waals surface area (Å²) in [5.41, 5.74) is 1.27. The van der Waals surface area contributed by atoms with Crippen molar-refractivity contribution < 1.29 is 9.53 Å². The number of benzene rings is 1. The monoisotopic (exact) mass is 290 g/mol. The molecule has 0 spiro atoms. The number of carbonyl (C=O) groups is 1. The Bertz CT molecular complexity index is 456. The normalized spacial score (nSPS) is 19.0. The quantitative estimate of drug-likeness (QED) is 0.876. The number of amides is 1. The Balaban J connectivity index is 1.99. The van der Waals surface area contributed by atoms with E-state index < -0.39 is 0 Å². The summed E-state index contributed by atoms with van der Waals surface area (Å²) in [6, 6.07) is 8.82. The molecule has 21 heavy (non-hydrogen) atoms. The summed E-state index contributed by atoms with van der Waals surface area (Å²) in [4.78, 5) is 14.2. The van der Waals surface area contributed by atoms with Crippen LogP contribution in [0.25, 0.3) is 0 Å². The predicted molar refractivity (Wildman–Crippen MR) is 84.4 cm³/mol. The van der Waals surface area contributed by atoms with Gasteiger partial charge in [0.05, 0.1) is 13.2 Å². The van der Waals surface area contributed by atoms with E-state index in [1.165, 1.54) is 5.56 Å². The Kier molecular flexibility index (Phi) is 5.62. The molecule has 0 bridgehead atoms. The highest BCUT2D eigenvalue weighted by Gasteiger charge is 2.27. The third-order valence-corrected chi connectivity index (χ3v) is 3.74. The smallest absolute Gasteiger partial charge is 0.234 e. The number of nitrogens with zero attached hydrogens (tertiary/aromatic N) is 1. The predicted octanol–water partition coefficient (Wildman–Crippen LogP) is 2.75. The first-order valence-electron chi connectivity index (χ1n) is 7.86. The van der Waals surface area contributed by atoms with Gasteiger partial charge in [-0.25, -0.2) is 0 Å². The summed E-state index contributed by atoms with van der Waals surface area (Å²) >= 11 is 0. The van der Waals surface area contributed by atoms with Crippen LogP contribution in [-0.2, 0) is 4.79 Å². The molecule has 0 aromatic heterocycles. The van der Waals surface area contributed by atoms with Gasteiger partial charge >= 0.3 is 0 Å². The number of likely N-dealkylation sites (tertiary alicyclic amines) is 1. The third kappa shape index (κ3) is 4.46. The number of carbonyl (C=O) groups excluding carboxylic acids is 1. The summed E-state index contributed by atoms with van der Waals surface area (Å²) in [5.74, 6) is 1.02. The first kappa shape index (κ1) is 15.8. The van der Waals surface area contributed by atoms with E-state index in [9.17, 15) is 4.79 Å². The fourth-order valence-corrected chi connectivity index (χ4v) is 2.90. The second kappa shape index (κ2) is 7.46. The van der Waals surface area contributed by atoms with Crippen molar-refractivity contribution in [3.05, 3.63) is 29.8 Å². The number of hydrogen-bond donors (Lipinski definition) is 1. The minimum atomic E-state index is 0.114. The Labute approximate surface area is 127 Å². The van der Waals surface area contributed by atoms with Crippen molar-refractivity contribution in [1.29, 1.82) is 0 Å². The highest BCUT2D eigenvalue weighted by molar-refractivity contribution is 5.78. The van der Waals surface area contributed by atoms with Gasteiger partial charge in [-0.1, -0.05) is 12.1 Å². The molecule has 1 atom stereocenters. The van der Waals surface area contributed by atoms with Crippen LogP contribution >= 0.6 is 0 Å². The van der Waals surface area contributed by atoms with E-state index in [1.807, 2.05) is 32.9 Å². The molecule has 1 aromatic carbocycles. The summed E-state index contributed by atoms with van der Waals surface area (Å²) in [6.07, 6.45) is 2.26. The topological polar surface area (TPSA) is 41.6 Å². The lowest BCUT2D eigenvalue weighted by atomic mass is 10.0. The van der Waals surface area contributed by atoms with E-state index in [-0.39, 0.29) is 11.9 Å². The van der Waals surface area contributed by atoms with Crippen LogP contribution in [0, 0.1) is 0 Å². The molecule has 1 aliphatic heterocycles. The maximum Gasteiger partial charge on any atom is 0.234 e. The van der Waals surface area contributed by atoms with Crippen molar-refractivity contribution in [2.24, 2.45) is 0 Å². The molecule has 4 nitrogen and oxygen atoms in total. The van der Waals surface area contributed by atoms with E-state index in [0.717, 1.165) is 25.1 Å². The van der Waals surface area contributed by atoms with Crippen LogP contribution in [0.15, 0.2) is 24.3 Å². The molecular weight excluding hydrogens is 264 g/mol. The van der Waals surface area contributed by atoms with Crippen molar-refractivity contribution in [3.8, 4) is 5.75 Å². The number of nitrogens with one attached hydrogen (secondary N) is 1. The van der Waals surface area contributed by atoms with Gasteiger partial charge in [0.1, 0.15) is 5.75 Å². The molecule has 1 fully saturated rings. The van der Waals surface area contributed by atoms with Crippen molar-refractivity contribution in [2.75, 3.05) is 19.7 Å². The molecule has 1 heterocycles. The first-order chi connectivity index (χ1) is 10.1. The summed E-state index contributed by atoms with van der Waals surface area (Å²) in [7, 11) is 0. The summed E-state index contributed by atoms with van der Waals surface area (Å²) in [5, 5.41) is 2.97. The Morgan fingerprint density at radius 3 is 2.71 bits per heavy atom. The Morgan fingerprint density at radius 2 is 2.10 bits per heavy atom. The van der Waals surface area contributed by atoms with E-state index in [1.54, 1.807) is 0 Å². The second-order valence-electron chi connectivity index (χ2n) is 5.85. The average Bonchev–Trinajstić information content (AvgIpc) is 2.87. The number of hydrogen-bond acceptors (Lipinski definition) is 3. The lowest BCUT2D eigenvalue weighted by molar-refractivity contribution is -0.122. The van der Waals surface area contributed by atoms with E-state index >= 15 is 0 Å². The van der Waals surface area contributed by atoms with Crippen molar-refractivity contribution in [1.82, 2.24) is 10.2 Å². The fourth-order valence-electron chi connectivity index (χ4n) is 2.90. The van der Waals surface area contributed by atoms with Crippen LogP contribution in [0.5, 0.6) is 5.75 Å². The zero-order chi connectivity index (χ0) is 15.2. The van der Waals surface area contributed by atoms with Gasteiger partial charge in [0, 0.05) is 12.1 Å². The van der Waals surface area contributed by atoms with E-state index in [4.69, 9.17) is 4.74 Å². The zero-order valence-corrected chi connectivity index (χ0v) is 13.3. The average molecular weight is 290 g/mol. The fraction of sp³-hybridized carbons (Fsp3) is 0.588. The van der Waals surface area contributed by atoms with Crippen LogP contribution in [-0.4, -0.2) is 36.5 Å². The minimum absolute atomic E-state index is 0.114. The van der Waals surface area contributed by atoms with Gasteiger partial charge < -0.3 is 10.1 Å². The SMILES string of the molecule is CCOc1ccc(C2CCCN2CC(=O)NC(C)C)cc1. The minimum Gasteiger partial charge on any atom is -0.494 e. The standard InChI is InChI=1S/C17H26N2O2/c1-4-21-15-9-7-14(8-10-15)16-6-5-11-19(16)12-17(20)18-13(2)3/h7-10,13,16H,4-6,11-12H2,1-3H3,(H,18,20). The highest BCUT2D eigenvalue weighted by atomic mass is 16.5. The second-order valence-corrected chi connectivity index (χ2v) is 5.85. The Hall–Kier alpha value is -1.55. The molecule has 0 aliphatic carbocycles. The molecule has 0 saturated carbocycles. The maximum atomic E-state index is 12.0. The largest absolute Gasteiger partial charge is 0.494 e. The van der Waals surface area contributed by atoms with Crippen LogP contribution < -0.4 is 10.1 Å². The van der Waals surface area contributed by atoms with Crippen LogP contribution in [0.1, 0.15) is 45.2 Å². The molecule has 4 heteroatoms. The van der Waals surface area contributed by atoms with Gasteiger partial charge in [-0.2, -0.15) is 0 Å².